The van der Waals surface area contributed by atoms with Gasteiger partial charge in [-0.3, -0.25) is 9.59 Å². The maximum atomic E-state index is 13.8. The lowest BCUT2D eigenvalue weighted by molar-refractivity contribution is 0.0945. The standard InChI is InChI=1S/C18H19FN4O2/c19-12-5-1-2-6-13(12)21-18(25)16-22-15(17(24)20-11-8-9-11)14-7-3-4-10-23(14)16/h1-2,5-6,11H,3-4,7-10H2,(H,20,24)(H,21,25). The lowest BCUT2D eigenvalue weighted by Crippen LogP contribution is -2.27. The van der Waals surface area contributed by atoms with Crippen molar-refractivity contribution in [3.05, 3.63) is 47.3 Å². The van der Waals surface area contributed by atoms with Gasteiger partial charge in [-0.25, -0.2) is 9.37 Å². The highest BCUT2D eigenvalue weighted by Crippen LogP contribution is 2.24. The number of amides is 2. The summed E-state index contributed by atoms with van der Waals surface area (Å²) in [7, 11) is 0. The van der Waals surface area contributed by atoms with Crippen LogP contribution < -0.4 is 10.6 Å². The summed E-state index contributed by atoms with van der Waals surface area (Å²) in [6.45, 7) is 0.638. The fraction of sp³-hybridized carbons (Fsp3) is 0.389. The van der Waals surface area contributed by atoms with Gasteiger partial charge in [-0.1, -0.05) is 12.1 Å². The molecule has 0 atom stereocenters. The van der Waals surface area contributed by atoms with Crippen molar-refractivity contribution in [3.8, 4) is 0 Å². The van der Waals surface area contributed by atoms with Crippen LogP contribution in [0.25, 0.3) is 0 Å². The summed E-state index contributed by atoms with van der Waals surface area (Å²) in [5, 5.41) is 5.48. The first-order valence-corrected chi connectivity index (χ1v) is 8.59. The van der Waals surface area contributed by atoms with E-state index in [1.165, 1.54) is 12.1 Å². The first kappa shape index (κ1) is 15.8. The molecule has 0 saturated heterocycles. The van der Waals surface area contributed by atoms with Crippen LogP contribution in [-0.2, 0) is 13.0 Å². The summed E-state index contributed by atoms with van der Waals surface area (Å²) >= 11 is 0. The summed E-state index contributed by atoms with van der Waals surface area (Å²) in [6, 6.07) is 6.21. The zero-order valence-corrected chi connectivity index (χ0v) is 13.7. The van der Waals surface area contributed by atoms with E-state index in [1.807, 2.05) is 0 Å². The molecule has 1 aromatic carbocycles. The third kappa shape index (κ3) is 3.14. The number of fused-ring (bicyclic) bond motifs is 1. The number of anilines is 1. The van der Waals surface area contributed by atoms with E-state index >= 15 is 0 Å². The Morgan fingerprint density at radius 2 is 1.96 bits per heavy atom. The topological polar surface area (TPSA) is 76.0 Å². The molecule has 0 bridgehead atoms. The van der Waals surface area contributed by atoms with Crippen molar-refractivity contribution in [1.82, 2.24) is 14.9 Å². The molecule has 1 aliphatic heterocycles. The van der Waals surface area contributed by atoms with E-state index in [0.29, 0.717) is 18.7 Å². The van der Waals surface area contributed by atoms with E-state index in [4.69, 9.17) is 0 Å². The van der Waals surface area contributed by atoms with Gasteiger partial charge < -0.3 is 15.2 Å². The van der Waals surface area contributed by atoms with Gasteiger partial charge in [0, 0.05) is 12.6 Å². The number of para-hydroxylation sites is 1. The number of rotatable bonds is 4. The fourth-order valence-corrected chi connectivity index (χ4v) is 3.12. The molecule has 0 spiro atoms. The third-order valence-electron chi connectivity index (χ3n) is 4.57. The number of carbonyl (C=O) groups excluding carboxylic acids is 2. The molecule has 2 aromatic rings. The van der Waals surface area contributed by atoms with Crippen LogP contribution in [0.3, 0.4) is 0 Å². The van der Waals surface area contributed by atoms with Crippen molar-refractivity contribution in [2.45, 2.75) is 44.7 Å². The molecule has 1 fully saturated rings. The number of nitrogens with zero attached hydrogens (tertiary/aromatic N) is 2. The zero-order chi connectivity index (χ0) is 17.4. The molecule has 2 amide bonds. The first-order chi connectivity index (χ1) is 12.1. The van der Waals surface area contributed by atoms with E-state index in [9.17, 15) is 14.0 Å². The average Bonchev–Trinajstić information content (AvgIpc) is 3.33. The summed E-state index contributed by atoms with van der Waals surface area (Å²) in [5.41, 5.74) is 1.22. The molecule has 6 nitrogen and oxygen atoms in total. The molecule has 2 N–H and O–H groups in total. The Labute approximate surface area is 144 Å². The summed E-state index contributed by atoms with van der Waals surface area (Å²) < 4.78 is 15.6. The predicted octanol–water partition coefficient (Wildman–Crippen LogP) is 2.50. The number of hydrogen-bond donors (Lipinski definition) is 2. The van der Waals surface area contributed by atoms with Crippen LogP contribution in [0.5, 0.6) is 0 Å². The molecule has 2 heterocycles. The van der Waals surface area contributed by atoms with Gasteiger partial charge in [-0.15, -0.1) is 0 Å². The normalized spacial score (nSPS) is 16.2. The van der Waals surface area contributed by atoms with E-state index in [2.05, 4.69) is 15.6 Å². The highest BCUT2D eigenvalue weighted by Gasteiger charge is 2.30. The molecule has 1 aliphatic carbocycles. The number of halogens is 1. The van der Waals surface area contributed by atoms with E-state index < -0.39 is 11.7 Å². The maximum absolute atomic E-state index is 13.8. The quantitative estimate of drug-likeness (QED) is 0.896. The van der Waals surface area contributed by atoms with Crippen molar-refractivity contribution in [1.29, 1.82) is 0 Å². The Morgan fingerprint density at radius 3 is 2.72 bits per heavy atom. The Bertz CT molecular complexity index is 842. The second-order valence-corrected chi connectivity index (χ2v) is 6.52. The highest BCUT2D eigenvalue weighted by atomic mass is 19.1. The van der Waals surface area contributed by atoms with Crippen LogP contribution in [0.4, 0.5) is 10.1 Å². The van der Waals surface area contributed by atoms with Gasteiger partial charge in [0.05, 0.1) is 11.4 Å². The minimum absolute atomic E-state index is 0.102. The van der Waals surface area contributed by atoms with Gasteiger partial charge >= 0.3 is 0 Å². The molecule has 1 saturated carbocycles. The predicted molar refractivity (Wildman–Crippen MR) is 90.0 cm³/mol. The van der Waals surface area contributed by atoms with Crippen molar-refractivity contribution in [2.24, 2.45) is 0 Å². The Balaban J connectivity index is 1.64. The smallest absolute Gasteiger partial charge is 0.291 e. The molecular formula is C18H19FN4O2. The monoisotopic (exact) mass is 342 g/mol. The van der Waals surface area contributed by atoms with Gasteiger partial charge in [0.25, 0.3) is 11.8 Å². The molecule has 4 rings (SSSR count). The fourth-order valence-electron chi connectivity index (χ4n) is 3.12. The molecule has 7 heteroatoms. The van der Waals surface area contributed by atoms with Crippen LogP contribution in [-0.4, -0.2) is 27.4 Å². The first-order valence-electron chi connectivity index (χ1n) is 8.59. The number of benzene rings is 1. The SMILES string of the molecule is O=C(NC1CC1)c1nc(C(=O)Nc2ccccc2F)n2c1CCCC2. The molecule has 130 valence electrons. The highest BCUT2D eigenvalue weighted by molar-refractivity contribution is 6.03. The van der Waals surface area contributed by atoms with E-state index in [-0.39, 0.29) is 23.5 Å². The lowest BCUT2D eigenvalue weighted by Gasteiger charge is -2.17. The minimum Gasteiger partial charge on any atom is -0.348 e. The van der Waals surface area contributed by atoms with Gasteiger partial charge in [0.2, 0.25) is 0 Å². The number of hydrogen-bond acceptors (Lipinski definition) is 3. The third-order valence-corrected chi connectivity index (χ3v) is 4.57. The van der Waals surface area contributed by atoms with Gasteiger partial charge in [-0.2, -0.15) is 0 Å². The molecule has 25 heavy (non-hydrogen) atoms. The van der Waals surface area contributed by atoms with Gasteiger partial charge in [0.1, 0.15) is 11.5 Å². The zero-order valence-electron chi connectivity index (χ0n) is 13.7. The van der Waals surface area contributed by atoms with Crippen LogP contribution in [0, 0.1) is 5.82 Å². The number of carbonyl (C=O) groups is 2. The summed E-state index contributed by atoms with van der Waals surface area (Å²) in [4.78, 5) is 29.4. The van der Waals surface area contributed by atoms with Crippen molar-refractivity contribution in [3.63, 3.8) is 0 Å². The summed E-state index contributed by atoms with van der Waals surface area (Å²) in [5.74, 6) is -1.07. The molecular weight excluding hydrogens is 323 g/mol. The Hall–Kier alpha value is -2.70. The van der Waals surface area contributed by atoms with E-state index in [0.717, 1.165) is 31.4 Å². The average molecular weight is 342 g/mol. The molecule has 1 aromatic heterocycles. The number of aromatic nitrogens is 2. The van der Waals surface area contributed by atoms with Gasteiger partial charge in [-0.05, 0) is 44.2 Å². The molecule has 0 unspecified atom stereocenters. The number of imidazole rings is 1. The van der Waals surface area contributed by atoms with Crippen LogP contribution in [0.1, 0.15) is 52.5 Å². The lowest BCUT2D eigenvalue weighted by atomic mass is 10.1. The second-order valence-electron chi connectivity index (χ2n) is 6.52. The van der Waals surface area contributed by atoms with E-state index in [1.54, 1.807) is 16.7 Å². The van der Waals surface area contributed by atoms with Crippen LogP contribution in [0.15, 0.2) is 24.3 Å². The second kappa shape index (κ2) is 6.31. The Morgan fingerprint density at radius 1 is 1.16 bits per heavy atom. The Kier molecular flexibility index (Phi) is 3.99. The number of nitrogens with one attached hydrogen (secondary N) is 2. The summed E-state index contributed by atoms with van der Waals surface area (Å²) in [6.07, 6.45) is 4.58. The van der Waals surface area contributed by atoms with Crippen molar-refractivity contribution in [2.75, 3.05) is 5.32 Å². The van der Waals surface area contributed by atoms with Crippen LogP contribution >= 0.6 is 0 Å². The van der Waals surface area contributed by atoms with Crippen LogP contribution in [0.2, 0.25) is 0 Å². The largest absolute Gasteiger partial charge is 0.348 e. The van der Waals surface area contributed by atoms with Crippen molar-refractivity contribution >= 4 is 17.5 Å². The van der Waals surface area contributed by atoms with Gasteiger partial charge in [0.15, 0.2) is 5.82 Å². The van der Waals surface area contributed by atoms with Crippen molar-refractivity contribution < 1.29 is 14.0 Å². The molecule has 2 aliphatic rings. The minimum atomic E-state index is -0.507. The molecule has 0 radical (unpaired) electrons. The maximum Gasteiger partial charge on any atom is 0.291 e.